The normalized spacial score (nSPS) is 10.2. The zero-order chi connectivity index (χ0) is 18.8. The van der Waals surface area contributed by atoms with Gasteiger partial charge < -0.3 is 16.0 Å². The van der Waals surface area contributed by atoms with Gasteiger partial charge in [0.05, 0.1) is 0 Å². The van der Waals surface area contributed by atoms with Gasteiger partial charge in [0.2, 0.25) is 11.8 Å². The Labute approximate surface area is 159 Å². The molecule has 0 saturated heterocycles. The zero-order valence-electron chi connectivity index (χ0n) is 14.6. The van der Waals surface area contributed by atoms with Crippen LogP contribution < -0.4 is 11.1 Å². The van der Waals surface area contributed by atoms with Crippen LogP contribution in [0.4, 0.5) is 0 Å². The van der Waals surface area contributed by atoms with E-state index >= 15 is 0 Å². The summed E-state index contributed by atoms with van der Waals surface area (Å²) in [6.07, 6.45) is 1.17. The number of carbonyl (C=O) groups is 2. The monoisotopic (exact) mass is 369 g/mol. The molecule has 0 atom stereocenters. The first-order valence-corrected chi connectivity index (χ1v) is 8.90. The van der Waals surface area contributed by atoms with Gasteiger partial charge in [-0.25, -0.2) is 0 Å². The molecule has 0 bridgehead atoms. The standard InChI is InChI=1S/C20H23N3O2S/c21-18(24)13-14-23(15-17-9-5-2-6-10-17)20(26)22-19(25)12-11-16-7-3-1-4-8-16/h1-10H,11-15H2,(H2,21,24)(H,22,25,26). The van der Waals surface area contributed by atoms with E-state index in [1.165, 1.54) is 0 Å². The summed E-state index contributed by atoms with van der Waals surface area (Å²) in [7, 11) is 0. The van der Waals surface area contributed by atoms with Gasteiger partial charge in [0.25, 0.3) is 0 Å². The number of hydrogen-bond donors (Lipinski definition) is 2. The fraction of sp³-hybridized carbons (Fsp3) is 0.250. The number of aryl methyl sites for hydroxylation is 1. The minimum Gasteiger partial charge on any atom is -0.370 e. The predicted molar refractivity (Wildman–Crippen MR) is 106 cm³/mol. The molecule has 0 heterocycles. The quantitative estimate of drug-likeness (QED) is 0.701. The molecule has 2 amide bonds. The molecule has 0 aliphatic rings. The summed E-state index contributed by atoms with van der Waals surface area (Å²) in [6, 6.07) is 19.5. The number of nitrogens with one attached hydrogen (secondary N) is 1. The first-order chi connectivity index (χ1) is 12.5. The van der Waals surface area contributed by atoms with Gasteiger partial charge in [-0.1, -0.05) is 60.7 Å². The Hall–Kier alpha value is -2.73. The molecular weight excluding hydrogens is 346 g/mol. The molecule has 2 aromatic carbocycles. The molecule has 26 heavy (non-hydrogen) atoms. The Kier molecular flexibility index (Phi) is 7.76. The van der Waals surface area contributed by atoms with E-state index in [1.54, 1.807) is 4.90 Å². The van der Waals surface area contributed by atoms with Crippen LogP contribution in [0.15, 0.2) is 60.7 Å². The van der Waals surface area contributed by atoms with E-state index in [1.807, 2.05) is 60.7 Å². The third-order valence-corrected chi connectivity index (χ3v) is 4.22. The van der Waals surface area contributed by atoms with Gasteiger partial charge >= 0.3 is 0 Å². The average molecular weight is 369 g/mol. The maximum atomic E-state index is 12.2. The summed E-state index contributed by atoms with van der Waals surface area (Å²) >= 11 is 5.38. The summed E-state index contributed by atoms with van der Waals surface area (Å²) in [6.45, 7) is 0.869. The van der Waals surface area contributed by atoms with Crippen LogP contribution in [0.1, 0.15) is 24.0 Å². The molecule has 0 aliphatic carbocycles. The van der Waals surface area contributed by atoms with Gasteiger partial charge in [-0.3, -0.25) is 9.59 Å². The Bertz CT molecular complexity index is 735. The topological polar surface area (TPSA) is 75.4 Å². The number of benzene rings is 2. The summed E-state index contributed by atoms with van der Waals surface area (Å²) in [5.41, 5.74) is 7.39. The van der Waals surface area contributed by atoms with Gasteiger partial charge in [-0.2, -0.15) is 0 Å². The van der Waals surface area contributed by atoms with Crippen molar-refractivity contribution in [1.29, 1.82) is 0 Å². The Morgan fingerprint density at radius 3 is 2.08 bits per heavy atom. The second-order valence-corrected chi connectivity index (χ2v) is 6.35. The lowest BCUT2D eigenvalue weighted by Crippen LogP contribution is -2.43. The van der Waals surface area contributed by atoms with Gasteiger partial charge in [0.1, 0.15) is 0 Å². The maximum absolute atomic E-state index is 12.2. The number of carbonyl (C=O) groups excluding carboxylic acids is 2. The zero-order valence-corrected chi connectivity index (χ0v) is 15.4. The molecule has 0 spiro atoms. The molecule has 5 nitrogen and oxygen atoms in total. The summed E-state index contributed by atoms with van der Waals surface area (Å²) in [5.74, 6) is -0.544. The third-order valence-electron chi connectivity index (χ3n) is 3.86. The first-order valence-electron chi connectivity index (χ1n) is 8.49. The van der Waals surface area contributed by atoms with E-state index in [-0.39, 0.29) is 12.3 Å². The number of rotatable bonds is 8. The van der Waals surface area contributed by atoms with Crippen LogP contribution in [0.25, 0.3) is 0 Å². The van der Waals surface area contributed by atoms with Crippen LogP contribution in [0.3, 0.4) is 0 Å². The van der Waals surface area contributed by atoms with E-state index in [2.05, 4.69) is 5.32 Å². The number of thiocarbonyl (C=S) groups is 1. The van der Waals surface area contributed by atoms with Crippen LogP contribution in [-0.4, -0.2) is 28.4 Å². The van der Waals surface area contributed by atoms with E-state index in [0.717, 1.165) is 11.1 Å². The van der Waals surface area contributed by atoms with Crippen molar-refractivity contribution >= 4 is 29.1 Å². The van der Waals surface area contributed by atoms with Crippen LogP contribution >= 0.6 is 12.2 Å². The van der Waals surface area contributed by atoms with Crippen molar-refractivity contribution in [2.45, 2.75) is 25.8 Å². The predicted octanol–water partition coefficient (Wildman–Crippen LogP) is 2.40. The second kappa shape index (κ2) is 10.3. The van der Waals surface area contributed by atoms with Crippen molar-refractivity contribution in [3.8, 4) is 0 Å². The molecule has 6 heteroatoms. The van der Waals surface area contributed by atoms with Crippen LogP contribution in [0.5, 0.6) is 0 Å². The first kappa shape index (κ1) is 19.6. The summed E-state index contributed by atoms with van der Waals surface area (Å²) < 4.78 is 0. The Balaban J connectivity index is 1.91. The fourth-order valence-corrected chi connectivity index (χ4v) is 2.73. The SMILES string of the molecule is NC(=O)CCN(Cc1ccccc1)C(=S)NC(=O)CCc1ccccc1. The number of hydrogen-bond acceptors (Lipinski definition) is 3. The molecule has 2 rings (SSSR count). The largest absolute Gasteiger partial charge is 0.370 e. The smallest absolute Gasteiger partial charge is 0.226 e. The molecule has 3 N–H and O–H groups in total. The van der Waals surface area contributed by atoms with Gasteiger partial charge in [-0.05, 0) is 29.8 Å². The highest BCUT2D eigenvalue weighted by atomic mass is 32.1. The van der Waals surface area contributed by atoms with Gasteiger partial charge in [0.15, 0.2) is 5.11 Å². The summed E-state index contributed by atoms with van der Waals surface area (Å²) in [5, 5.41) is 3.07. The highest BCUT2D eigenvalue weighted by Gasteiger charge is 2.14. The Morgan fingerprint density at radius 2 is 1.50 bits per heavy atom. The molecule has 0 aromatic heterocycles. The highest BCUT2D eigenvalue weighted by Crippen LogP contribution is 2.07. The van der Waals surface area contributed by atoms with Crippen molar-refractivity contribution in [3.05, 3.63) is 71.8 Å². The molecule has 0 radical (unpaired) electrons. The number of primary amides is 1. The summed E-state index contributed by atoms with van der Waals surface area (Å²) in [4.78, 5) is 25.1. The molecule has 0 unspecified atom stereocenters. The highest BCUT2D eigenvalue weighted by molar-refractivity contribution is 7.80. The lowest BCUT2D eigenvalue weighted by molar-refractivity contribution is -0.119. The molecule has 2 aromatic rings. The van der Waals surface area contributed by atoms with E-state index in [0.29, 0.717) is 31.0 Å². The van der Waals surface area contributed by atoms with Gasteiger partial charge in [-0.15, -0.1) is 0 Å². The minimum atomic E-state index is -0.402. The van der Waals surface area contributed by atoms with E-state index < -0.39 is 5.91 Å². The molecular formula is C20H23N3O2S. The number of nitrogens with two attached hydrogens (primary N) is 1. The molecule has 0 fully saturated rings. The van der Waals surface area contributed by atoms with Crippen molar-refractivity contribution in [2.75, 3.05) is 6.54 Å². The fourth-order valence-electron chi connectivity index (χ4n) is 2.46. The Morgan fingerprint density at radius 1 is 0.923 bits per heavy atom. The lowest BCUT2D eigenvalue weighted by Gasteiger charge is -2.25. The lowest BCUT2D eigenvalue weighted by atomic mass is 10.1. The third kappa shape index (κ3) is 7.03. The molecule has 0 saturated carbocycles. The second-order valence-electron chi connectivity index (χ2n) is 5.96. The van der Waals surface area contributed by atoms with E-state index in [4.69, 9.17) is 18.0 Å². The van der Waals surface area contributed by atoms with Crippen molar-refractivity contribution in [2.24, 2.45) is 5.73 Å². The maximum Gasteiger partial charge on any atom is 0.226 e. The average Bonchev–Trinajstić information content (AvgIpc) is 2.65. The number of nitrogens with zero attached hydrogens (tertiary/aromatic N) is 1. The van der Waals surface area contributed by atoms with Crippen LogP contribution in [0, 0.1) is 0 Å². The van der Waals surface area contributed by atoms with Crippen molar-refractivity contribution < 1.29 is 9.59 Å². The van der Waals surface area contributed by atoms with E-state index in [9.17, 15) is 9.59 Å². The minimum absolute atomic E-state index is 0.143. The number of amides is 2. The van der Waals surface area contributed by atoms with Crippen LogP contribution in [0.2, 0.25) is 0 Å². The van der Waals surface area contributed by atoms with Crippen molar-refractivity contribution in [3.63, 3.8) is 0 Å². The van der Waals surface area contributed by atoms with Crippen molar-refractivity contribution in [1.82, 2.24) is 10.2 Å². The van der Waals surface area contributed by atoms with Gasteiger partial charge in [0, 0.05) is 25.9 Å². The molecule has 136 valence electrons. The molecule has 0 aliphatic heterocycles. The van der Waals surface area contributed by atoms with Crippen LogP contribution in [-0.2, 0) is 22.6 Å².